The Kier molecular flexibility index (Phi) is 4.63. The lowest BCUT2D eigenvalue weighted by atomic mass is 10.3. The van der Waals surface area contributed by atoms with Crippen LogP contribution in [0.3, 0.4) is 0 Å². The van der Waals surface area contributed by atoms with Crippen LogP contribution in [0.2, 0.25) is 0 Å². The van der Waals surface area contributed by atoms with Crippen LogP contribution in [0.1, 0.15) is 31.2 Å². The summed E-state index contributed by atoms with van der Waals surface area (Å²) < 4.78 is 0. The molecule has 0 bridgehead atoms. The van der Waals surface area contributed by atoms with E-state index in [9.17, 15) is 0 Å². The quantitative estimate of drug-likeness (QED) is 0.826. The van der Waals surface area contributed by atoms with Crippen LogP contribution in [-0.2, 0) is 6.54 Å². The smallest absolute Gasteiger partial charge is 0.232 e. The topological polar surface area (TPSA) is 61.3 Å². The minimum absolute atomic E-state index is 0.733. The Bertz CT molecular complexity index is 660. The van der Waals surface area contributed by atoms with E-state index in [1.54, 1.807) is 6.20 Å². The van der Waals surface area contributed by atoms with Gasteiger partial charge in [-0.15, -0.1) is 0 Å². The number of aromatic nitrogens is 4. The van der Waals surface area contributed by atoms with Crippen LogP contribution in [0.4, 0.5) is 17.8 Å². The maximum atomic E-state index is 4.78. The standard InChI is InChI=1S/C18H25N7/c1-23(14-15-7-6-8-19-13-15)16-20-17(24-9-2-3-10-24)22-18(21-16)25-11-4-5-12-25/h6-8,13H,2-5,9-12,14H2,1H3. The number of hydrogen-bond donors (Lipinski definition) is 0. The first-order chi connectivity index (χ1) is 12.3. The number of hydrogen-bond acceptors (Lipinski definition) is 7. The average molecular weight is 339 g/mol. The predicted octanol–water partition coefficient (Wildman–Crippen LogP) is 2.10. The molecule has 2 aliphatic rings. The second-order valence-corrected chi connectivity index (χ2v) is 6.84. The zero-order valence-electron chi connectivity index (χ0n) is 14.8. The van der Waals surface area contributed by atoms with Gasteiger partial charge >= 0.3 is 0 Å². The third-order valence-corrected chi connectivity index (χ3v) is 4.86. The summed E-state index contributed by atoms with van der Waals surface area (Å²) in [6.45, 7) is 4.88. The van der Waals surface area contributed by atoms with Crippen LogP contribution < -0.4 is 14.7 Å². The van der Waals surface area contributed by atoms with E-state index in [1.165, 1.54) is 25.7 Å². The van der Waals surface area contributed by atoms with Crippen molar-refractivity contribution in [1.82, 2.24) is 19.9 Å². The molecule has 0 radical (unpaired) electrons. The molecule has 0 spiro atoms. The third-order valence-electron chi connectivity index (χ3n) is 4.86. The summed E-state index contributed by atoms with van der Waals surface area (Å²) >= 11 is 0. The molecule has 0 N–H and O–H groups in total. The lowest BCUT2D eigenvalue weighted by Gasteiger charge is -2.23. The molecule has 0 saturated carbocycles. The van der Waals surface area contributed by atoms with E-state index in [-0.39, 0.29) is 0 Å². The lowest BCUT2D eigenvalue weighted by molar-refractivity contribution is 0.799. The second-order valence-electron chi connectivity index (χ2n) is 6.84. The molecular formula is C18H25N7. The van der Waals surface area contributed by atoms with Gasteiger partial charge in [-0.3, -0.25) is 4.98 Å². The molecule has 25 heavy (non-hydrogen) atoms. The normalized spacial score (nSPS) is 17.3. The zero-order chi connectivity index (χ0) is 17.1. The number of nitrogens with zero attached hydrogens (tertiary/aromatic N) is 7. The molecule has 132 valence electrons. The van der Waals surface area contributed by atoms with Gasteiger partial charge in [-0.05, 0) is 37.3 Å². The summed E-state index contributed by atoms with van der Waals surface area (Å²) in [6, 6.07) is 4.04. The van der Waals surface area contributed by atoms with Gasteiger partial charge in [0.05, 0.1) is 0 Å². The van der Waals surface area contributed by atoms with Crippen LogP contribution >= 0.6 is 0 Å². The van der Waals surface area contributed by atoms with Crippen LogP contribution in [0.5, 0.6) is 0 Å². The Morgan fingerprint density at radius 3 is 2.04 bits per heavy atom. The molecule has 0 amide bonds. The summed E-state index contributed by atoms with van der Waals surface area (Å²) in [4.78, 5) is 25.1. The van der Waals surface area contributed by atoms with Crippen LogP contribution in [0.25, 0.3) is 0 Å². The highest BCUT2D eigenvalue weighted by molar-refractivity contribution is 5.47. The number of pyridine rings is 1. The first-order valence-corrected chi connectivity index (χ1v) is 9.15. The highest BCUT2D eigenvalue weighted by Crippen LogP contribution is 2.24. The molecule has 4 heterocycles. The van der Waals surface area contributed by atoms with Crippen molar-refractivity contribution in [1.29, 1.82) is 0 Å². The minimum atomic E-state index is 0.733. The van der Waals surface area contributed by atoms with Gasteiger partial charge in [0.15, 0.2) is 0 Å². The number of anilines is 3. The molecule has 0 atom stereocenters. The zero-order valence-corrected chi connectivity index (χ0v) is 14.8. The van der Waals surface area contributed by atoms with Gasteiger partial charge in [0.1, 0.15) is 0 Å². The first-order valence-electron chi connectivity index (χ1n) is 9.15. The van der Waals surface area contributed by atoms with E-state index in [4.69, 9.17) is 15.0 Å². The Hall–Kier alpha value is -2.44. The molecule has 2 aromatic heterocycles. The highest BCUT2D eigenvalue weighted by Gasteiger charge is 2.22. The molecule has 2 aliphatic heterocycles. The van der Waals surface area contributed by atoms with Gasteiger partial charge in [0.25, 0.3) is 0 Å². The Morgan fingerprint density at radius 2 is 1.52 bits per heavy atom. The van der Waals surface area contributed by atoms with Crippen molar-refractivity contribution in [2.24, 2.45) is 0 Å². The van der Waals surface area contributed by atoms with Crippen molar-refractivity contribution in [3.63, 3.8) is 0 Å². The minimum Gasteiger partial charge on any atom is -0.341 e. The maximum Gasteiger partial charge on any atom is 0.232 e. The van der Waals surface area contributed by atoms with Crippen molar-refractivity contribution in [3.05, 3.63) is 30.1 Å². The largest absolute Gasteiger partial charge is 0.341 e. The molecular weight excluding hydrogens is 314 g/mol. The summed E-state index contributed by atoms with van der Waals surface area (Å²) in [6.07, 6.45) is 8.54. The number of rotatable bonds is 5. The fourth-order valence-corrected chi connectivity index (χ4v) is 3.47. The van der Waals surface area contributed by atoms with Gasteiger partial charge in [-0.25, -0.2) is 0 Å². The monoisotopic (exact) mass is 339 g/mol. The van der Waals surface area contributed by atoms with E-state index >= 15 is 0 Å². The Morgan fingerprint density at radius 1 is 0.920 bits per heavy atom. The predicted molar refractivity (Wildman–Crippen MR) is 99.1 cm³/mol. The van der Waals surface area contributed by atoms with E-state index in [2.05, 4.69) is 25.8 Å². The molecule has 0 aliphatic carbocycles. The van der Waals surface area contributed by atoms with E-state index in [1.807, 2.05) is 19.3 Å². The van der Waals surface area contributed by atoms with Gasteiger partial charge in [-0.1, -0.05) is 6.07 Å². The van der Waals surface area contributed by atoms with Crippen molar-refractivity contribution in [3.8, 4) is 0 Å². The van der Waals surface area contributed by atoms with E-state index in [0.717, 1.165) is 56.1 Å². The average Bonchev–Trinajstić information content (AvgIpc) is 3.36. The van der Waals surface area contributed by atoms with Gasteiger partial charge in [-0.2, -0.15) is 15.0 Å². The van der Waals surface area contributed by atoms with Crippen LogP contribution in [-0.4, -0.2) is 53.2 Å². The molecule has 2 fully saturated rings. The van der Waals surface area contributed by atoms with Crippen LogP contribution in [0, 0.1) is 0 Å². The Labute approximate surface area is 148 Å². The van der Waals surface area contributed by atoms with E-state index < -0.39 is 0 Å². The van der Waals surface area contributed by atoms with E-state index in [0.29, 0.717) is 0 Å². The molecule has 2 saturated heterocycles. The summed E-state index contributed by atoms with van der Waals surface area (Å²) in [7, 11) is 2.03. The van der Waals surface area contributed by atoms with Crippen molar-refractivity contribution < 1.29 is 0 Å². The molecule has 2 aromatic rings. The highest BCUT2D eigenvalue weighted by atomic mass is 15.4. The molecule has 0 aromatic carbocycles. The molecule has 7 nitrogen and oxygen atoms in total. The fraction of sp³-hybridized carbons (Fsp3) is 0.556. The fourth-order valence-electron chi connectivity index (χ4n) is 3.47. The summed E-state index contributed by atoms with van der Waals surface area (Å²) in [5, 5.41) is 0. The lowest BCUT2D eigenvalue weighted by Crippen LogP contribution is -2.28. The van der Waals surface area contributed by atoms with Gasteiger partial charge in [0, 0.05) is 52.2 Å². The van der Waals surface area contributed by atoms with Crippen molar-refractivity contribution >= 4 is 17.8 Å². The summed E-state index contributed by atoms with van der Waals surface area (Å²) in [5.74, 6) is 2.38. The van der Waals surface area contributed by atoms with Crippen LogP contribution in [0.15, 0.2) is 24.5 Å². The maximum absolute atomic E-state index is 4.78. The second kappa shape index (κ2) is 7.21. The summed E-state index contributed by atoms with van der Waals surface area (Å²) in [5.41, 5.74) is 1.15. The van der Waals surface area contributed by atoms with Crippen molar-refractivity contribution in [2.45, 2.75) is 32.2 Å². The van der Waals surface area contributed by atoms with Crippen molar-refractivity contribution in [2.75, 3.05) is 47.9 Å². The molecule has 7 heteroatoms. The third kappa shape index (κ3) is 3.65. The molecule has 0 unspecified atom stereocenters. The molecule has 4 rings (SSSR count). The first kappa shape index (κ1) is 16.1. The van der Waals surface area contributed by atoms with Gasteiger partial charge < -0.3 is 14.7 Å². The SMILES string of the molecule is CN(Cc1cccnc1)c1nc(N2CCCC2)nc(N2CCCC2)n1. The van der Waals surface area contributed by atoms with Gasteiger partial charge in [0.2, 0.25) is 17.8 Å². The Balaban J connectivity index is 1.62.